The van der Waals surface area contributed by atoms with Crippen molar-refractivity contribution in [3.8, 4) is 6.07 Å². The maximum atomic E-state index is 13.3. The molecule has 0 saturated heterocycles. The standard InChI is InChI=1S/C22H17FN4O3S2/c1-26-19-11-18(25-32(29,30)17-5-3-4-14(10-17)13-24)21(12-20(19)27(2)22(26)28)31-16-8-6-15(23)7-9-16/h3-12,25H,1-2H3. The molecule has 0 aliphatic heterocycles. The number of hydrogen-bond acceptors (Lipinski definition) is 5. The highest BCUT2D eigenvalue weighted by atomic mass is 32.2. The zero-order valence-corrected chi connectivity index (χ0v) is 18.7. The van der Waals surface area contributed by atoms with Crippen LogP contribution >= 0.6 is 11.8 Å². The van der Waals surface area contributed by atoms with Crippen molar-refractivity contribution in [2.75, 3.05) is 4.72 Å². The van der Waals surface area contributed by atoms with E-state index in [0.29, 0.717) is 20.8 Å². The molecular weight excluding hydrogens is 451 g/mol. The Morgan fingerprint density at radius 1 is 1.00 bits per heavy atom. The van der Waals surface area contributed by atoms with Crippen LogP contribution in [0.4, 0.5) is 10.1 Å². The minimum Gasteiger partial charge on any atom is -0.295 e. The maximum Gasteiger partial charge on any atom is 0.328 e. The van der Waals surface area contributed by atoms with Crippen molar-refractivity contribution < 1.29 is 12.8 Å². The van der Waals surface area contributed by atoms with Crippen molar-refractivity contribution in [3.05, 3.63) is 82.5 Å². The van der Waals surface area contributed by atoms with Gasteiger partial charge in [-0.3, -0.25) is 13.9 Å². The Bertz CT molecular complexity index is 1550. The summed E-state index contributed by atoms with van der Waals surface area (Å²) < 4.78 is 44.9. The summed E-state index contributed by atoms with van der Waals surface area (Å²) in [6, 6.07) is 16.7. The molecule has 0 bridgehead atoms. The Hall–Kier alpha value is -3.55. The molecule has 162 valence electrons. The van der Waals surface area contributed by atoms with E-state index in [1.807, 2.05) is 6.07 Å². The average molecular weight is 469 g/mol. The zero-order chi connectivity index (χ0) is 23.0. The molecule has 0 spiro atoms. The number of aryl methyl sites for hydroxylation is 2. The van der Waals surface area contributed by atoms with Crippen molar-refractivity contribution in [1.82, 2.24) is 9.13 Å². The van der Waals surface area contributed by atoms with Crippen LogP contribution in [0.15, 0.2) is 80.1 Å². The van der Waals surface area contributed by atoms with E-state index in [2.05, 4.69) is 4.72 Å². The van der Waals surface area contributed by atoms with Gasteiger partial charge >= 0.3 is 5.69 Å². The van der Waals surface area contributed by atoms with E-state index < -0.39 is 10.0 Å². The van der Waals surface area contributed by atoms with E-state index >= 15 is 0 Å². The summed E-state index contributed by atoms with van der Waals surface area (Å²) in [5.74, 6) is -0.381. The summed E-state index contributed by atoms with van der Waals surface area (Å²) in [5.41, 5.74) is 1.39. The van der Waals surface area contributed by atoms with Gasteiger partial charge in [0.25, 0.3) is 10.0 Å². The fourth-order valence-corrected chi connectivity index (χ4v) is 5.35. The highest BCUT2D eigenvalue weighted by Gasteiger charge is 2.20. The zero-order valence-electron chi connectivity index (χ0n) is 17.0. The lowest BCUT2D eigenvalue weighted by molar-refractivity contribution is 0.601. The molecule has 7 nitrogen and oxygen atoms in total. The van der Waals surface area contributed by atoms with Crippen molar-refractivity contribution in [3.63, 3.8) is 0 Å². The summed E-state index contributed by atoms with van der Waals surface area (Å²) in [6.07, 6.45) is 0. The number of hydrogen-bond donors (Lipinski definition) is 1. The Morgan fingerprint density at radius 3 is 2.31 bits per heavy atom. The first kappa shape index (κ1) is 21.7. The van der Waals surface area contributed by atoms with Gasteiger partial charge in [0.15, 0.2) is 0 Å². The molecule has 1 N–H and O–H groups in total. The molecule has 32 heavy (non-hydrogen) atoms. The second kappa shape index (κ2) is 8.18. The highest BCUT2D eigenvalue weighted by molar-refractivity contribution is 7.99. The second-order valence-corrected chi connectivity index (χ2v) is 9.84. The van der Waals surface area contributed by atoms with E-state index in [1.54, 1.807) is 38.4 Å². The van der Waals surface area contributed by atoms with Crippen LogP contribution in [0.1, 0.15) is 5.56 Å². The SMILES string of the molecule is Cn1c(=O)n(C)c2cc(Sc3ccc(F)cc3)c(NS(=O)(=O)c3cccc(C#N)c3)cc21. The second-order valence-electron chi connectivity index (χ2n) is 7.04. The van der Waals surface area contributed by atoms with E-state index in [9.17, 15) is 17.6 Å². The minimum absolute atomic E-state index is 0.0590. The van der Waals surface area contributed by atoms with Gasteiger partial charge in [-0.2, -0.15) is 5.26 Å². The van der Waals surface area contributed by atoms with Gasteiger partial charge in [-0.05, 0) is 54.6 Å². The fourth-order valence-electron chi connectivity index (χ4n) is 3.26. The number of benzene rings is 3. The van der Waals surface area contributed by atoms with Crippen LogP contribution in [-0.2, 0) is 24.1 Å². The lowest BCUT2D eigenvalue weighted by atomic mass is 10.2. The van der Waals surface area contributed by atoms with E-state index in [-0.39, 0.29) is 27.7 Å². The number of fused-ring (bicyclic) bond motifs is 1. The lowest BCUT2D eigenvalue weighted by Gasteiger charge is -2.14. The van der Waals surface area contributed by atoms with Gasteiger partial charge in [0.1, 0.15) is 5.82 Å². The number of imidazole rings is 1. The molecule has 0 unspecified atom stereocenters. The number of sulfonamides is 1. The topological polar surface area (TPSA) is 96.9 Å². The van der Waals surface area contributed by atoms with Gasteiger partial charge in [0.05, 0.1) is 33.2 Å². The summed E-state index contributed by atoms with van der Waals surface area (Å²) >= 11 is 1.23. The van der Waals surface area contributed by atoms with E-state index in [4.69, 9.17) is 5.26 Å². The number of nitrogens with one attached hydrogen (secondary N) is 1. The van der Waals surface area contributed by atoms with Gasteiger partial charge in [0.2, 0.25) is 0 Å². The van der Waals surface area contributed by atoms with Crippen molar-refractivity contribution in [2.24, 2.45) is 14.1 Å². The number of halogens is 1. The van der Waals surface area contributed by atoms with Gasteiger partial charge in [0, 0.05) is 23.9 Å². The lowest BCUT2D eigenvalue weighted by Crippen LogP contribution is -2.19. The van der Waals surface area contributed by atoms with Crippen LogP contribution in [0.25, 0.3) is 11.0 Å². The third-order valence-corrected chi connectivity index (χ3v) is 7.36. The molecule has 10 heteroatoms. The van der Waals surface area contributed by atoms with Crippen LogP contribution in [-0.4, -0.2) is 17.6 Å². The number of nitriles is 1. The van der Waals surface area contributed by atoms with Crippen molar-refractivity contribution in [1.29, 1.82) is 5.26 Å². The quantitative estimate of drug-likeness (QED) is 0.480. The largest absolute Gasteiger partial charge is 0.328 e. The molecule has 0 radical (unpaired) electrons. The molecule has 4 rings (SSSR count). The summed E-state index contributed by atoms with van der Waals surface area (Å²) in [5, 5.41) is 9.09. The molecule has 1 heterocycles. The number of anilines is 1. The summed E-state index contributed by atoms with van der Waals surface area (Å²) in [6.45, 7) is 0. The smallest absolute Gasteiger partial charge is 0.295 e. The molecule has 0 saturated carbocycles. The molecule has 0 aliphatic rings. The first-order valence-electron chi connectivity index (χ1n) is 9.35. The van der Waals surface area contributed by atoms with Crippen molar-refractivity contribution >= 4 is 38.5 Å². The van der Waals surface area contributed by atoms with Gasteiger partial charge in [-0.1, -0.05) is 17.8 Å². The third kappa shape index (κ3) is 4.00. The number of rotatable bonds is 5. The number of nitrogens with zero attached hydrogens (tertiary/aromatic N) is 3. The Labute approximate surface area is 187 Å². The fraction of sp³-hybridized carbons (Fsp3) is 0.0909. The minimum atomic E-state index is -4.02. The summed E-state index contributed by atoms with van der Waals surface area (Å²) in [7, 11) is -0.784. The molecule has 3 aromatic carbocycles. The third-order valence-electron chi connectivity index (χ3n) is 4.93. The monoisotopic (exact) mass is 468 g/mol. The van der Waals surface area contributed by atoms with Crippen LogP contribution in [0.2, 0.25) is 0 Å². The molecule has 4 aromatic rings. The normalized spacial score (nSPS) is 11.4. The molecule has 0 atom stereocenters. The van der Waals surface area contributed by atoms with Gasteiger partial charge in [-0.25, -0.2) is 17.6 Å². The molecule has 0 fully saturated rings. The molecule has 0 amide bonds. The Morgan fingerprint density at radius 2 is 1.66 bits per heavy atom. The maximum absolute atomic E-state index is 13.3. The predicted octanol–water partition coefficient (Wildman–Crippen LogP) is 3.84. The van der Waals surface area contributed by atoms with E-state index in [1.165, 1.54) is 57.3 Å². The van der Waals surface area contributed by atoms with Crippen LogP contribution in [0.3, 0.4) is 0 Å². The highest BCUT2D eigenvalue weighted by Crippen LogP contribution is 2.37. The first-order chi connectivity index (χ1) is 15.2. The Balaban J connectivity index is 1.85. The van der Waals surface area contributed by atoms with Crippen molar-refractivity contribution in [2.45, 2.75) is 14.7 Å². The van der Waals surface area contributed by atoms with Gasteiger partial charge < -0.3 is 0 Å². The predicted molar refractivity (Wildman–Crippen MR) is 121 cm³/mol. The molecular formula is C22H17FN4O3S2. The number of aromatic nitrogens is 2. The molecule has 1 aromatic heterocycles. The molecule has 0 aliphatic carbocycles. The average Bonchev–Trinajstić information content (AvgIpc) is 2.99. The van der Waals surface area contributed by atoms with Crippen LogP contribution in [0.5, 0.6) is 0 Å². The summed E-state index contributed by atoms with van der Waals surface area (Å²) in [4.78, 5) is 13.6. The Kier molecular flexibility index (Phi) is 5.54. The first-order valence-corrected chi connectivity index (χ1v) is 11.7. The van der Waals surface area contributed by atoms with Gasteiger partial charge in [-0.15, -0.1) is 0 Å². The van der Waals surface area contributed by atoms with Crippen LogP contribution < -0.4 is 10.4 Å². The van der Waals surface area contributed by atoms with E-state index in [0.717, 1.165) is 0 Å². The van der Waals surface area contributed by atoms with Crippen LogP contribution in [0, 0.1) is 17.1 Å².